The van der Waals surface area contributed by atoms with Crippen LogP contribution in [0.15, 0.2) is 36.5 Å². The van der Waals surface area contributed by atoms with E-state index in [0.29, 0.717) is 17.1 Å². The summed E-state index contributed by atoms with van der Waals surface area (Å²) in [7, 11) is 1.38. The number of nitrogens with one attached hydrogen (secondary N) is 1. The molecule has 0 amide bonds. The summed E-state index contributed by atoms with van der Waals surface area (Å²) in [6.45, 7) is 1.98. The monoisotopic (exact) mass is 326 g/mol. The number of hydrogen-bond acceptors (Lipinski definition) is 6. The Morgan fingerprint density at radius 2 is 1.88 bits per heavy atom. The third kappa shape index (κ3) is 3.82. The number of ether oxygens (including phenoxy) is 1. The Morgan fingerprint density at radius 1 is 1.12 bits per heavy atom. The number of methoxy groups -OCH3 is 1. The van der Waals surface area contributed by atoms with Crippen LogP contribution in [0.5, 0.6) is 0 Å². The second kappa shape index (κ2) is 7.77. The summed E-state index contributed by atoms with van der Waals surface area (Å²) >= 11 is 0. The first kappa shape index (κ1) is 16.2. The minimum Gasteiger partial charge on any atom is -0.465 e. The van der Waals surface area contributed by atoms with Crippen molar-refractivity contribution in [2.45, 2.75) is 25.7 Å². The number of benzene rings is 1. The zero-order chi connectivity index (χ0) is 16.8. The second-order valence-electron chi connectivity index (χ2n) is 5.81. The number of aromatic nitrogens is 2. The fourth-order valence-corrected chi connectivity index (χ4v) is 2.86. The van der Waals surface area contributed by atoms with Gasteiger partial charge >= 0.3 is 5.97 Å². The molecule has 0 aliphatic carbocycles. The Balaban J connectivity index is 1.81. The molecule has 0 radical (unpaired) electrons. The average molecular weight is 326 g/mol. The molecule has 0 atom stereocenters. The zero-order valence-corrected chi connectivity index (χ0v) is 13.9. The van der Waals surface area contributed by atoms with E-state index in [-0.39, 0.29) is 5.97 Å². The van der Waals surface area contributed by atoms with Crippen LogP contribution in [0, 0.1) is 0 Å². The minimum absolute atomic E-state index is 0.375. The van der Waals surface area contributed by atoms with E-state index in [2.05, 4.69) is 20.2 Å². The smallest absolute Gasteiger partial charge is 0.339 e. The first-order valence-electron chi connectivity index (χ1n) is 8.30. The van der Waals surface area contributed by atoms with E-state index in [9.17, 15) is 4.79 Å². The van der Waals surface area contributed by atoms with Crippen molar-refractivity contribution in [2.75, 3.05) is 30.4 Å². The summed E-state index contributed by atoms with van der Waals surface area (Å²) in [4.78, 5) is 23.1. The third-order valence-electron chi connectivity index (χ3n) is 4.13. The SMILES string of the molecule is COC(=O)c1ccccc1Nc1ccnc(N2CCCCCC2)n1. The predicted molar refractivity (Wildman–Crippen MR) is 93.8 cm³/mol. The molecule has 2 heterocycles. The van der Waals surface area contributed by atoms with E-state index in [0.717, 1.165) is 19.0 Å². The topological polar surface area (TPSA) is 67.3 Å². The van der Waals surface area contributed by atoms with Crippen molar-refractivity contribution in [1.82, 2.24) is 9.97 Å². The molecule has 0 unspecified atom stereocenters. The van der Waals surface area contributed by atoms with Crippen LogP contribution in [0.4, 0.5) is 17.5 Å². The van der Waals surface area contributed by atoms with Gasteiger partial charge in [-0.3, -0.25) is 0 Å². The maximum absolute atomic E-state index is 11.9. The summed E-state index contributed by atoms with van der Waals surface area (Å²) in [6, 6.07) is 9.03. The Bertz CT molecular complexity index is 697. The average Bonchev–Trinajstić information content (AvgIpc) is 2.91. The summed E-state index contributed by atoms with van der Waals surface area (Å²) in [6.07, 6.45) is 6.62. The highest BCUT2D eigenvalue weighted by Gasteiger charge is 2.14. The molecule has 1 aromatic heterocycles. The number of nitrogens with zero attached hydrogens (tertiary/aromatic N) is 3. The molecule has 6 nitrogen and oxygen atoms in total. The molecule has 0 bridgehead atoms. The van der Waals surface area contributed by atoms with Gasteiger partial charge in [0.25, 0.3) is 0 Å². The van der Waals surface area contributed by atoms with Crippen LogP contribution in [0.1, 0.15) is 36.0 Å². The highest BCUT2D eigenvalue weighted by Crippen LogP contribution is 2.22. The van der Waals surface area contributed by atoms with Crippen LogP contribution in [0.3, 0.4) is 0 Å². The molecular formula is C18H22N4O2. The van der Waals surface area contributed by atoms with Crippen molar-refractivity contribution < 1.29 is 9.53 Å². The molecule has 6 heteroatoms. The molecule has 0 spiro atoms. The highest BCUT2D eigenvalue weighted by atomic mass is 16.5. The molecule has 1 fully saturated rings. The van der Waals surface area contributed by atoms with Crippen LogP contribution >= 0.6 is 0 Å². The van der Waals surface area contributed by atoms with Crippen molar-refractivity contribution in [2.24, 2.45) is 0 Å². The molecule has 1 aliphatic rings. The van der Waals surface area contributed by atoms with Gasteiger partial charge in [-0.2, -0.15) is 4.98 Å². The Morgan fingerprint density at radius 3 is 2.62 bits per heavy atom. The Kier molecular flexibility index (Phi) is 5.25. The quantitative estimate of drug-likeness (QED) is 0.869. The first-order valence-corrected chi connectivity index (χ1v) is 8.30. The maximum atomic E-state index is 11.9. The molecular weight excluding hydrogens is 304 g/mol. The van der Waals surface area contributed by atoms with E-state index in [1.807, 2.05) is 12.1 Å². The molecule has 1 aliphatic heterocycles. The number of carbonyl (C=O) groups excluding carboxylic acids is 1. The van der Waals surface area contributed by atoms with Gasteiger partial charge in [-0.1, -0.05) is 25.0 Å². The van der Waals surface area contributed by atoms with E-state index in [1.165, 1.54) is 32.8 Å². The summed E-state index contributed by atoms with van der Waals surface area (Å²) in [5, 5.41) is 3.20. The van der Waals surface area contributed by atoms with E-state index in [4.69, 9.17) is 4.74 Å². The van der Waals surface area contributed by atoms with E-state index >= 15 is 0 Å². The fourth-order valence-electron chi connectivity index (χ4n) is 2.86. The zero-order valence-electron chi connectivity index (χ0n) is 13.9. The van der Waals surface area contributed by atoms with Gasteiger partial charge in [0.05, 0.1) is 18.4 Å². The molecule has 24 heavy (non-hydrogen) atoms. The van der Waals surface area contributed by atoms with Crippen molar-refractivity contribution in [3.8, 4) is 0 Å². The lowest BCUT2D eigenvalue weighted by atomic mass is 10.2. The third-order valence-corrected chi connectivity index (χ3v) is 4.13. The van der Waals surface area contributed by atoms with Gasteiger partial charge in [-0.25, -0.2) is 9.78 Å². The molecule has 1 saturated heterocycles. The number of esters is 1. The summed E-state index contributed by atoms with van der Waals surface area (Å²) < 4.78 is 4.83. The fraction of sp³-hybridized carbons (Fsp3) is 0.389. The van der Waals surface area contributed by atoms with Gasteiger partial charge in [-0.05, 0) is 31.0 Å². The number of rotatable bonds is 4. The van der Waals surface area contributed by atoms with E-state index < -0.39 is 0 Å². The summed E-state index contributed by atoms with van der Waals surface area (Å²) in [5.41, 5.74) is 1.15. The first-order chi connectivity index (χ1) is 11.8. The van der Waals surface area contributed by atoms with Gasteiger partial charge in [0.15, 0.2) is 0 Å². The van der Waals surface area contributed by atoms with E-state index in [1.54, 1.807) is 24.4 Å². The largest absolute Gasteiger partial charge is 0.465 e. The molecule has 3 rings (SSSR count). The van der Waals surface area contributed by atoms with Crippen LogP contribution in [-0.2, 0) is 4.74 Å². The predicted octanol–water partition coefficient (Wildman–Crippen LogP) is 3.39. The van der Waals surface area contributed by atoms with Crippen LogP contribution in [-0.4, -0.2) is 36.1 Å². The van der Waals surface area contributed by atoms with Crippen molar-refractivity contribution in [1.29, 1.82) is 0 Å². The van der Waals surface area contributed by atoms with Crippen molar-refractivity contribution in [3.63, 3.8) is 0 Å². The highest BCUT2D eigenvalue weighted by molar-refractivity contribution is 5.96. The van der Waals surface area contributed by atoms with Gasteiger partial charge in [-0.15, -0.1) is 0 Å². The van der Waals surface area contributed by atoms with Crippen LogP contribution in [0.25, 0.3) is 0 Å². The van der Waals surface area contributed by atoms with Gasteiger partial charge in [0.1, 0.15) is 5.82 Å². The second-order valence-corrected chi connectivity index (χ2v) is 5.81. The van der Waals surface area contributed by atoms with Crippen molar-refractivity contribution >= 4 is 23.4 Å². The lowest BCUT2D eigenvalue weighted by Gasteiger charge is -2.20. The molecule has 2 aromatic rings. The van der Waals surface area contributed by atoms with Gasteiger partial charge in [0, 0.05) is 19.3 Å². The molecule has 1 N–H and O–H groups in total. The van der Waals surface area contributed by atoms with Crippen LogP contribution in [0.2, 0.25) is 0 Å². The number of anilines is 3. The minimum atomic E-state index is -0.375. The normalized spacial score (nSPS) is 14.8. The number of para-hydroxylation sites is 1. The standard InChI is InChI=1S/C18H22N4O2/c1-24-17(23)14-8-4-5-9-15(14)20-16-10-11-19-18(21-16)22-12-6-2-3-7-13-22/h4-5,8-11H,2-3,6-7,12-13H2,1H3,(H,19,20,21). The lowest BCUT2D eigenvalue weighted by molar-refractivity contribution is 0.0602. The van der Waals surface area contributed by atoms with Gasteiger partial charge in [0.2, 0.25) is 5.95 Å². The Labute approximate surface area is 141 Å². The lowest BCUT2D eigenvalue weighted by Crippen LogP contribution is -2.26. The van der Waals surface area contributed by atoms with Crippen LogP contribution < -0.4 is 10.2 Å². The van der Waals surface area contributed by atoms with Crippen molar-refractivity contribution in [3.05, 3.63) is 42.1 Å². The number of hydrogen-bond donors (Lipinski definition) is 1. The van der Waals surface area contributed by atoms with Gasteiger partial charge < -0.3 is 15.0 Å². The number of carbonyl (C=O) groups is 1. The Hall–Kier alpha value is -2.63. The summed E-state index contributed by atoms with van der Waals surface area (Å²) in [5.74, 6) is 1.03. The molecule has 0 saturated carbocycles. The molecule has 1 aromatic carbocycles. The maximum Gasteiger partial charge on any atom is 0.339 e. The molecule has 126 valence electrons.